The van der Waals surface area contributed by atoms with Crippen LogP contribution in [0, 0.1) is 5.92 Å². The zero-order chi connectivity index (χ0) is 18.4. The molecule has 136 valence electrons. The van der Waals surface area contributed by atoms with Crippen LogP contribution in [-0.2, 0) is 11.3 Å². The van der Waals surface area contributed by atoms with Gasteiger partial charge in [0.1, 0.15) is 0 Å². The van der Waals surface area contributed by atoms with E-state index in [-0.39, 0.29) is 17.7 Å². The summed E-state index contributed by atoms with van der Waals surface area (Å²) in [6.45, 7) is 8.67. The first-order chi connectivity index (χ1) is 11.9. The van der Waals surface area contributed by atoms with Crippen LogP contribution in [0.25, 0.3) is 10.9 Å². The molecule has 2 aromatic rings. The Morgan fingerprint density at radius 2 is 1.84 bits per heavy atom. The summed E-state index contributed by atoms with van der Waals surface area (Å²) in [4.78, 5) is 24.0. The van der Waals surface area contributed by atoms with Gasteiger partial charge in [-0.3, -0.25) is 9.59 Å². The minimum absolute atomic E-state index is 0.0539. The number of benzene rings is 1. The Hall–Kier alpha value is -2.10. The summed E-state index contributed by atoms with van der Waals surface area (Å²) in [7, 11) is 0. The van der Waals surface area contributed by atoms with Crippen molar-refractivity contribution in [1.82, 2.24) is 9.88 Å². The van der Waals surface area contributed by atoms with E-state index in [1.54, 1.807) is 6.92 Å². The zero-order valence-electron chi connectivity index (χ0n) is 15.8. The summed E-state index contributed by atoms with van der Waals surface area (Å²) < 4.78 is 2.01. The lowest BCUT2D eigenvalue weighted by molar-refractivity contribution is -0.121. The van der Waals surface area contributed by atoms with Gasteiger partial charge in [-0.2, -0.15) is 0 Å². The normalized spacial score (nSPS) is 12.5. The number of fused-ring (bicyclic) bond motifs is 1. The van der Waals surface area contributed by atoms with Gasteiger partial charge in [-0.1, -0.05) is 44.9 Å². The molecule has 1 unspecified atom stereocenters. The van der Waals surface area contributed by atoms with E-state index in [4.69, 9.17) is 0 Å². The molecule has 0 aliphatic heterocycles. The maximum atomic E-state index is 12.2. The number of carbonyl (C=O) groups is 2. The van der Waals surface area contributed by atoms with Gasteiger partial charge in [-0.05, 0) is 32.3 Å². The molecule has 0 spiro atoms. The fourth-order valence-electron chi connectivity index (χ4n) is 3.19. The number of rotatable bonds is 9. The second-order valence-electron chi connectivity index (χ2n) is 7.35. The number of amides is 1. The van der Waals surface area contributed by atoms with Gasteiger partial charge in [-0.25, -0.2) is 0 Å². The Labute approximate surface area is 150 Å². The van der Waals surface area contributed by atoms with Crippen molar-refractivity contribution in [2.24, 2.45) is 5.92 Å². The fourth-order valence-corrected chi connectivity index (χ4v) is 3.19. The third-order valence-electron chi connectivity index (χ3n) is 4.57. The molecular weight excluding hydrogens is 312 g/mol. The van der Waals surface area contributed by atoms with Crippen molar-refractivity contribution in [2.75, 3.05) is 0 Å². The number of Topliss-reactive ketones (excluding diaryl/α,β-unsaturated/α-hetero) is 1. The molecule has 1 aromatic heterocycles. The second-order valence-corrected chi connectivity index (χ2v) is 7.35. The molecule has 0 fully saturated rings. The monoisotopic (exact) mass is 342 g/mol. The van der Waals surface area contributed by atoms with Gasteiger partial charge in [0.05, 0.1) is 0 Å². The summed E-state index contributed by atoms with van der Waals surface area (Å²) in [6, 6.07) is 8.05. The van der Waals surface area contributed by atoms with E-state index in [9.17, 15) is 9.59 Å². The zero-order valence-corrected chi connectivity index (χ0v) is 15.8. The molecular formula is C21H30N2O2. The predicted molar refractivity (Wildman–Crippen MR) is 103 cm³/mol. The summed E-state index contributed by atoms with van der Waals surface area (Å²) in [6.07, 6.45) is 5.65. The molecule has 1 amide bonds. The molecule has 1 N–H and O–H groups in total. The molecule has 2 rings (SSSR count). The molecule has 25 heavy (non-hydrogen) atoms. The average Bonchev–Trinajstić information content (AvgIpc) is 2.91. The SMILES string of the molecule is CC(=O)c1cn(CCC(=O)NC(C)CCCC(C)C)c2ccccc12. The van der Waals surface area contributed by atoms with Crippen molar-refractivity contribution >= 4 is 22.6 Å². The predicted octanol–water partition coefficient (Wildman–Crippen LogP) is 4.57. The van der Waals surface area contributed by atoms with Gasteiger partial charge in [0.25, 0.3) is 0 Å². The minimum Gasteiger partial charge on any atom is -0.354 e. The first kappa shape index (κ1) is 19.2. The Bertz CT molecular complexity index is 731. The van der Waals surface area contributed by atoms with Gasteiger partial charge in [0, 0.05) is 41.7 Å². The molecule has 0 saturated heterocycles. The molecule has 0 aliphatic carbocycles. The lowest BCUT2D eigenvalue weighted by Crippen LogP contribution is -2.33. The van der Waals surface area contributed by atoms with Gasteiger partial charge < -0.3 is 9.88 Å². The summed E-state index contributed by atoms with van der Waals surface area (Å²) in [5.74, 6) is 0.831. The van der Waals surface area contributed by atoms with E-state index >= 15 is 0 Å². The number of aromatic nitrogens is 1. The van der Waals surface area contributed by atoms with Crippen LogP contribution < -0.4 is 5.32 Å². The van der Waals surface area contributed by atoms with Gasteiger partial charge in [0.2, 0.25) is 5.91 Å². The lowest BCUT2D eigenvalue weighted by atomic mass is 10.0. The second kappa shape index (κ2) is 8.84. The van der Waals surface area contributed by atoms with Gasteiger partial charge in [0.15, 0.2) is 5.78 Å². The largest absolute Gasteiger partial charge is 0.354 e. The third kappa shape index (κ3) is 5.45. The van der Waals surface area contributed by atoms with E-state index in [0.717, 1.165) is 29.3 Å². The van der Waals surface area contributed by atoms with Crippen molar-refractivity contribution in [3.05, 3.63) is 36.0 Å². The van der Waals surface area contributed by atoms with E-state index < -0.39 is 0 Å². The number of para-hydroxylation sites is 1. The van der Waals surface area contributed by atoms with Crippen LogP contribution in [0.1, 0.15) is 63.7 Å². The highest BCUT2D eigenvalue weighted by atomic mass is 16.1. The average molecular weight is 342 g/mol. The van der Waals surface area contributed by atoms with Crippen molar-refractivity contribution < 1.29 is 9.59 Å². The molecule has 4 heteroatoms. The molecule has 0 radical (unpaired) electrons. The topological polar surface area (TPSA) is 51.1 Å². The van der Waals surface area contributed by atoms with Crippen LogP contribution in [0.5, 0.6) is 0 Å². The standard InChI is InChI=1S/C21H30N2O2/c1-15(2)8-7-9-16(3)22-21(25)12-13-23-14-19(17(4)24)18-10-5-6-11-20(18)23/h5-6,10-11,14-16H,7-9,12-13H2,1-4H3,(H,22,25). The van der Waals surface area contributed by atoms with E-state index in [1.807, 2.05) is 35.0 Å². The number of carbonyl (C=O) groups excluding carboxylic acids is 2. The first-order valence-corrected chi connectivity index (χ1v) is 9.26. The summed E-state index contributed by atoms with van der Waals surface area (Å²) in [5, 5.41) is 4.04. The highest BCUT2D eigenvalue weighted by Crippen LogP contribution is 2.22. The van der Waals surface area contributed by atoms with E-state index in [2.05, 4.69) is 26.1 Å². The number of nitrogens with zero attached hydrogens (tertiary/aromatic N) is 1. The number of nitrogens with one attached hydrogen (secondary N) is 1. The van der Waals surface area contributed by atoms with Crippen molar-refractivity contribution in [1.29, 1.82) is 0 Å². The molecule has 1 heterocycles. The van der Waals surface area contributed by atoms with Crippen molar-refractivity contribution in [2.45, 2.75) is 66.0 Å². The smallest absolute Gasteiger partial charge is 0.221 e. The number of ketones is 1. The fraction of sp³-hybridized carbons (Fsp3) is 0.524. The number of aryl methyl sites for hydroxylation is 1. The number of hydrogen-bond donors (Lipinski definition) is 1. The van der Waals surface area contributed by atoms with Crippen LogP contribution in [0.2, 0.25) is 0 Å². The summed E-state index contributed by atoms with van der Waals surface area (Å²) in [5.41, 5.74) is 1.73. The molecule has 0 saturated carbocycles. The quantitative estimate of drug-likeness (QED) is 0.679. The van der Waals surface area contributed by atoms with Gasteiger partial charge in [-0.15, -0.1) is 0 Å². The highest BCUT2D eigenvalue weighted by Gasteiger charge is 2.13. The molecule has 0 bridgehead atoms. The van der Waals surface area contributed by atoms with Crippen LogP contribution in [0.3, 0.4) is 0 Å². The summed E-state index contributed by atoms with van der Waals surface area (Å²) >= 11 is 0. The van der Waals surface area contributed by atoms with Crippen LogP contribution in [0.4, 0.5) is 0 Å². The molecule has 1 aromatic carbocycles. The Morgan fingerprint density at radius 3 is 2.52 bits per heavy atom. The Kier molecular flexibility index (Phi) is 6.80. The maximum absolute atomic E-state index is 12.2. The minimum atomic E-state index is 0.0539. The highest BCUT2D eigenvalue weighted by molar-refractivity contribution is 6.06. The van der Waals surface area contributed by atoms with Crippen molar-refractivity contribution in [3.8, 4) is 0 Å². The lowest BCUT2D eigenvalue weighted by Gasteiger charge is -2.15. The van der Waals surface area contributed by atoms with Crippen LogP contribution in [-0.4, -0.2) is 22.3 Å². The van der Waals surface area contributed by atoms with Crippen molar-refractivity contribution in [3.63, 3.8) is 0 Å². The third-order valence-corrected chi connectivity index (χ3v) is 4.57. The van der Waals surface area contributed by atoms with Crippen LogP contribution >= 0.6 is 0 Å². The Morgan fingerprint density at radius 1 is 1.12 bits per heavy atom. The first-order valence-electron chi connectivity index (χ1n) is 9.26. The van der Waals surface area contributed by atoms with E-state index in [0.29, 0.717) is 18.9 Å². The Balaban J connectivity index is 1.92. The van der Waals surface area contributed by atoms with E-state index in [1.165, 1.54) is 6.42 Å². The number of hydrogen-bond acceptors (Lipinski definition) is 2. The maximum Gasteiger partial charge on any atom is 0.221 e. The van der Waals surface area contributed by atoms with Gasteiger partial charge >= 0.3 is 0 Å². The van der Waals surface area contributed by atoms with Crippen LogP contribution in [0.15, 0.2) is 30.5 Å². The molecule has 4 nitrogen and oxygen atoms in total. The molecule has 0 aliphatic rings. The molecule has 1 atom stereocenters.